The van der Waals surface area contributed by atoms with Gasteiger partial charge < -0.3 is 4.42 Å². The molecule has 6 nitrogen and oxygen atoms in total. The summed E-state index contributed by atoms with van der Waals surface area (Å²) in [5.74, 6) is 0.775. The number of oxazole rings is 1. The Morgan fingerprint density at radius 1 is 1.06 bits per heavy atom. The molecule has 0 aliphatic carbocycles. The predicted molar refractivity (Wildman–Crippen MR) is 127 cm³/mol. The molecule has 0 bridgehead atoms. The van der Waals surface area contributed by atoms with E-state index in [2.05, 4.69) is 10.4 Å². The van der Waals surface area contributed by atoms with Gasteiger partial charge in [-0.05, 0) is 35.4 Å². The van der Waals surface area contributed by atoms with Crippen molar-refractivity contribution < 1.29 is 9.21 Å². The van der Waals surface area contributed by atoms with Gasteiger partial charge in [-0.2, -0.15) is 0 Å². The number of nitrogens with zero attached hydrogens (tertiary/aromatic N) is 2. The number of benzene rings is 3. The Bertz CT molecular complexity index is 1220. The van der Waals surface area contributed by atoms with Gasteiger partial charge in [0.2, 0.25) is 0 Å². The van der Waals surface area contributed by atoms with E-state index in [1.807, 2.05) is 60.7 Å². The van der Waals surface area contributed by atoms with Gasteiger partial charge in [-0.3, -0.25) is 20.6 Å². The zero-order valence-electron chi connectivity index (χ0n) is 16.4. The lowest BCUT2D eigenvalue weighted by molar-refractivity contribution is 0.0869. The number of rotatable bonds is 5. The van der Waals surface area contributed by atoms with Gasteiger partial charge in [-0.15, -0.1) is 17.0 Å². The van der Waals surface area contributed by atoms with Crippen molar-refractivity contribution >= 4 is 51.6 Å². The summed E-state index contributed by atoms with van der Waals surface area (Å²) in [4.78, 5) is 17.1. The number of para-hydroxylation sites is 2. The average molecular weight is 495 g/mol. The maximum absolute atomic E-state index is 12.6. The van der Waals surface area contributed by atoms with Crippen molar-refractivity contribution in [2.45, 2.75) is 17.5 Å². The third-order valence-corrected chi connectivity index (χ3v) is 5.86. The summed E-state index contributed by atoms with van der Waals surface area (Å²) in [5.41, 5.74) is 7.96. The van der Waals surface area contributed by atoms with E-state index in [-0.39, 0.29) is 22.9 Å². The van der Waals surface area contributed by atoms with Crippen LogP contribution in [0, 0.1) is 5.41 Å². The lowest BCUT2D eigenvalue weighted by atomic mass is 10.1. The van der Waals surface area contributed by atoms with E-state index >= 15 is 0 Å². The number of aromatic nitrogens is 1. The summed E-state index contributed by atoms with van der Waals surface area (Å²) in [6, 6.07) is 22.8. The zero-order valence-corrected chi connectivity index (χ0v) is 18.9. The summed E-state index contributed by atoms with van der Waals surface area (Å²) in [5, 5.41) is 10.5. The monoisotopic (exact) mass is 494 g/mol. The number of amidine groups is 1. The van der Waals surface area contributed by atoms with E-state index in [0.717, 1.165) is 27.8 Å². The van der Waals surface area contributed by atoms with Crippen LogP contribution in [0.25, 0.3) is 11.1 Å². The van der Waals surface area contributed by atoms with Crippen molar-refractivity contribution in [2.75, 3.05) is 0 Å². The van der Waals surface area contributed by atoms with Gasteiger partial charge in [0.1, 0.15) is 11.4 Å². The summed E-state index contributed by atoms with van der Waals surface area (Å²) >= 11 is 1.52. The van der Waals surface area contributed by atoms with Crippen LogP contribution in [0.1, 0.15) is 27.0 Å². The number of nitrogens with one attached hydrogen (secondary N) is 2. The van der Waals surface area contributed by atoms with Crippen LogP contribution in [0.5, 0.6) is 0 Å². The maximum atomic E-state index is 12.6. The summed E-state index contributed by atoms with van der Waals surface area (Å²) in [6.07, 6.45) is 0. The number of thioether (sulfide) groups is 1. The Morgan fingerprint density at radius 3 is 2.58 bits per heavy atom. The Labute approximate surface area is 193 Å². The summed E-state index contributed by atoms with van der Waals surface area (Å²) in [6.45, 7) is 0.500. The quantitative estimate of drug-likeness (QED) is 0.373. The molecule has 156 valence electrons. The highest BCUT2D eigenvalue weighted by Gasteiger charge is 2.25. The van der Waals surface area contributed by atoms with E-state index in [1.54, 1.807) is 17.1 Å². The average Bonchev–Trinajstić information content (AvgIpc) is 3.33. The first kappa shape index (κ1) is 21.1. The third kappa shape index (κ3) is 4.35. The van der Waals surface area contributed by atoms with Crippen LogP contribution in [0.3, 0.4) is 0 Å². The van der Waals surface area contributed by atoms with E-state index in [4.69, 9.17) is 9.83 Å². The maximum Gasteiger partial charge on any atom is 0.269 e. The molecular weight excluding hydrogens is 476 g/mol. The molecule has 4 aromatic rings. The van der Waals surface area contributed by atoms with Gasteiger partial charge in [0.15, 0.2) is 5.58 Å². The molecule has 2 N–H and O–H groups in total. The molecule has 0 saturated heterocycles. The molecule has 0 spiro atoms. The smallest absolute Gasteiger partial charge is 0.269 e. The number of hydrogen-bond donors (Lipinski definition) is 2. The van der Waals surface area contributed by atoms with Crippen LogP contribution >= 0.6 is 28.7 Å². The zero-order chi connectivity index (χ0) is 20.5. The topological polar surface area (TPSA) is 82.2 Å². The van der Waals surface area contributed by atoms with Gasteiger partial charge >= 0.3 is 0 Å². The number of halogens is 1. The summed E-state index contributed by atoms with van der Waals surface area (Å²) < 4.78 is 5.72. The second-order valence-corrected chi connectivity index (χ2v) is 7.89. The van der Waals surface area contributed by atoms with Crippen molar-refractivity contribution in [3.8, 4) is 0 Å². The fraction of sp³-hybridized carbons (Fsp3) is 0.0870. The van der Waals surface area contributed by atoms with Crippen molar-refractivity contribution in [3.63, 3.8) is 0 Å². The third-order valence-electron chi connectivity index (χ3n) is 4.96. The van der Waals surface area contributed by atoms with Crippen LogP contribution in [0.15, 0.2) is 82.4 Å². The molecule has 31 heavy (non-hydrogen) atoms. The number of hydrogen-bond acceptors (Lipinski definition) is 5. The Kier molecular flexibility index (Phi) is 6.11. The summed E-state index contributed by atoms with van der Waals surface area (Å²) in [7, 11) is 0. The highest BCUT2D eigenvalue weighted by Crippen LogP contribution is 2.26. The fourth-order valence-corrected chi connectivity index (χ4v) is 4.17. The first-order chi connectivity index (χ1) is 14.7. The number of hydrazine groups is 1. The minimum absolute atomic E-state index is 0. The van der Waals surface area contributed by atoms with Crippen LogP contribution in [-0.2, 0) is 12.3 Å². The molecule has 0 fully saturated rings. The molecule has 5 rings (SSSR count). The van der Waals surface area contributed by atoms with Gasteiger partial charge in [0.25, 0.3) is 11.1 Å². The molecule has 1 aromatic heterocycles. The number of fused-ring (bicyclic) bond motifs is 2. The van der Waals surface area contributed by atoms with E-state index < -0.39 is 0 Å². The van der Waals surface area contributed by atoms with E-state index in [9.17, 15) is 4.79 Å². The molecule has 8 heteroatoms. The first-order valence-corrected chi connectivity index (χ1v) is 10.5. The lowest BCUT2D eigenvalue weighted by Gasteiger charge is -2.19. The number of carbonyl (C=O) groups excluding carboxylic acids is 1. The molecule has 0 radical (unpaired) electrons. The van der Waals surface area contributed by atoms with Crippen molar-refractivity contribution in [1.29, 1.82) is 5.41 Å². The van der Waals surface area contributed by atoms with Crippen molar-refractivity contribution in [3.05, 3.63) is 95.1 Å². The molecule has 0 atom stereocenters. The standard InChI is InChI=1S/C23H18N4O2S.BrH/c24-21-18-6-2-1-5-17(18)13-27(21)26-22(28)16-11-9-15(10-12-16)14-30-23-25-19-7-3-4-8-20(19)29-23;/h1-12,24H,13-14H2,(H,26,28);1H. The molecule has 1 amide bonds. The fourth-order valence-electron chi connectivity index (χ4n) is 3.38. The molecule has 1 aliphatic rings. The Hall–Kier alpha value is -3.10. The Balaban J connectivity index is 0.00000231. The molecule has 0 saturated carbocycles. The highest BCUT2D eigenvalue weighted by molar-refractivity contribution is 8.93. The molecule has 3 aromatic carbocycles. The molecule has 2 heterocycles. The number of carbonyl (C=O) groups is 1. The number of amides is 1. The van der Waals surface area contributed by atoms with Crippen molar-refractivity contribution in [1.82, 2.24) is 15.4 Å². The van der Waals surface area contributed by atoms with E-state index in [0.29, 0.717) is 28.9 Å². The largest absolute Gasteiger partial charge is 0.431 e. The minimum atomic E-state index is -0.231. The van der Waals surface area contributed by atoms with Crippen LogP contribution in [0.2, 0.25) is 0 Å². The van der Waals surface area contributed by atoms with Crippen LogP contribution in [0.4, 0.5) is 0 Å². The molecular formula is C23H19BrN4O2S. The molecule has 1 aliphatic heterocycles. The van der Waals surface area contributed by atoms with Gasteiger partial charge in [-0.1, -0.05) is 60.3 Å². The van der Waals surface area contributed by atoms with Gasteiger partial charge in [0.05, 0.1) is 6.54 Å². The van der Waals surface area contributed by atoms with E-state index in [1.165, 1.54) is 11.8 Å². The Morgan fingerprint density at radius 2 is 1.81 bits per heavy atom. The highest BCUT2D eigenvalue weighted by atomic mass is 79.9. The first-order valence-electron chi connectivity index (χ1n) is 9.50. The second kappa shape index (κ2) is 8.95. The van der Waals surface area contributed by atoms with Crippen LogP contribution < -0.4 is 5.43 Å². The second-order valence-electron chi connectivity index (χ2n) is 6.97. The lowest BCUT2D eigenvalue weighted by Crippen LogP contribution is -2.42. The minimum Gasteiger partial charge on any atom is -0.431 e. The molecule has 0 unspecified atom stereocenters. The van der Waals surface area contributed by atoms with Crippen LogP contribution in [-0.4, -0.2) is 21.7 Å². The predicted octanol–water partition coefficient (Wildman–Crippen LogP) is 5.18. The SMILES string of the molecule is Br.N=C1c2ccccc2CN1NC(=O)c1ccc(CSc2nc3ccccc3o2)cc1. The van der Waals surface area contributed by atoms with Gasteiger partial charge in [0, 0.05) is 16.9 Å². The van der Waals surface area contributed by atoms with Gasteiger partial charge in [-0.25, -0.2) is 4.98 Å². The van der Waals surface area contributed by atoms with Crippen molar-refractivity contribution in [2.24, 2.45) is 0 Å². The normalized spacial score (nSPS) is 12.5.